The first-order chi connectivity index (χ1) is 11.0. The SMILES string of the molecule is COC(=O)N1CCC(CN(N)C(=O)N(C)C2CCCCC2)CC1. The lowest BCUT2D eigenvalue weighted by Crippen LogP contribution is -2.52. The number of amides is 3. The predicted molar refractivity (Wildman–Crippen MR) is 87.6 cm³/mol. The van der Waals surface area contributed by atoms with Crippen molar-refractivity contribution in [1.82, 2.24) is 14.8 Å². The summed E-state index contributed by atoms with van der Waals surface area (Å²) in [5.74, 6) is 6.35. The van der Waals surface area contributed by atoms with Crippen molar-refractivity contribution < 1.29 is 14.3 Å². The molecule has 0 aromatic rings. The molecule has 0 aromatic carbocycles. The van der Waals surface area contributed by atoms with Gasteiger partial charge in [0.15, 0.2) is 0 Å². The minimum absolute atomic E-state index is 0.0905. The van der Waals surface area contributed by atoms with Gasteiger partial charge in [0.1, 0.15) is 0 Å². The number of rotatable bonds is 3. The van der Waals surface area contributed by atoms with Gasteiger partial charge in [-0.25, -0.2) is 15.4 Å². The van der Waals surface area contributed by atoms with Crippen LogP contribution in [0.15, 0.2) is 0 Å². The molecule has 0 unspecified atom stereocenters. The van der Waals surface area contributed by atoms with Gasteiger partial charge in [-0.3, -0.25) is 5.01 Å². The van der Waals surface area contributed by atoms with Gasteiger partial charge >= 0.3 is 12.1 Å². The molecule has 23 heavy (non-hydrogen) atoms. The Bertz CT molecular complexity index is 404. The summed E-state index contributed by atoms with van der Waals surface area (Å²) < 4.78 is 4.73. The van der Waals surface area contributed by atoms with Crippen LogP contribution in [-0.4, -0.2) is 66.8 Å². The molecule has 7 heteroatoms. The molecule has 2 rings (SSSR count). The van der Waals surface area contributed by atoms with Gasteiger partial charge in [0, 0.05) is 32.7 Å². The highest BCUT2D eigenvalue weighted by atomic mass is 16.5. The van der Waals surface area contributed by atoms with Crippen LogP contribution >= 0.6 is 0 Å². The number of hydrogen-bond acceptors (Lipinski definition) is 4. The summed E-state index contributed by atoms with van der Waals surface area (Å²) in [7, 11) is 3.26. The summed E-state index contributed by atoms with van der Waals surface area (Å²) in [5, 5.41) is 1.35. The zero-order chi connectivity index (χ0) is 16.8. The smallest absolute Gasteiger partial charge is 0.409 e. The second kappa shape index (κ2) is 8.38. The van der Waals surface area contributed by atoms with Gasteiger partial charge < -0.3 is 14.5 Å². The topological polar surface area (TPSA) is 79.1 Å². The number of hydrogen-bond donors (Lipinski definition) is 1. The average Bonchev–Trinajstić information content (AvgIpc) is 2.61. The lowest BCUT2D eigenvalue weighted by molar-refractivity contribution is 0.0935. The van der Waals surface area contributed by atoms with Crippen LogP contribution in [0.4, 0.5) is 9.59 Å². The Kier molecular flexibility index (Phi) is 6.50. The molecule has 0 atom stereocenters. The number of hydrazine groups is 1. The Balaban J connectivity index is 1.76. The number of carbonyl (C=O) groups excluding carboxylic acids is 2. The number of nitrogens with two attached hydrogens (primary N) is 1. The van der Waals surface area contributed by atoms with E-state index in [4.69, 9.17) is 10.6 Å². The van der Waals surface area contributed by atoms with Crippen molar-refractivity contribution in [2.45, 2.75) is 51.0 Å². The second-order valence-electron chi connectivity index (χ2n) is 6.74. The molecule has 3 amide bonds. The van der Waals surface area contributed by atoms with Crippen molar-refractivity contribution in [3.8, 4) is 0 Å². The highest BCUT2D eigenvalue weighted by Crippen LogP contribution is 2.23. The van der Waals surface area contributed by atoms with Crippen molar-refractivity contribution >= 4 is 12.1 Å². The van der Waals surface area contributed by atoms with Gasteiger partial charge in [-0.05, 0) is 31.6 Å². The maximum atomic E-state index is 12.5. The molecule has 1 saturated heterocycles. The predicted octanol–water partition coefficient (Wildman–Crippen LogP) is 2.02. The standard InChI is InChI=1S/C16H30N4O3/c1-18(14-6-4-3-5-7-14)15(21)20(17)12-13-8-10-19(11-9-13)16(22)23-2/h13-14H,3-12,17H2,1-2H3. The van der Waals surface area contributed by atoms with Crippen molar-refractivity contribution in [2.24, 2.45) is 11.8 Å². The van der Waals surface area contributed by atoms with Crippen LogP contribution in [0.25, 0.3) is 0 Å². The van der Waals surface area contributed by atoms with Gasteiger partial charge in [-0.15, -0.1) is 0 Å². The van der Waals surface area contributed by atoms with Crippen LogP contribution in [-0.2, 0) is 4.74 Å². The number of carbonyl (C=O) groups is 2. The fourth-order valence-electron chi connectivity index (χ4n) is 3.61. The lowest BCUT2D eigenvalue weighted by Gasteiger charge is -2.36. The van der Waals surface area contributed by atoms with Gasteiger partial charge in [0.25, 0.3) is 0 Å². The third kappa shape index (κ3) is 4.73. The van der Waals surface area contributed by atoms with E-state index in [1.54, 1.807) is 4.90 Å². The summed E-state index contributed by atoms with van der Waals surface area (Å²) in [6.07, 6.45) is 7.23. The van der Waals surface area contributed by atoms with E-state index in [9.17, 15) is 9.59 Å². The quantitative estimate of drug-likeness (QED) is 0.489. The van der Waals surface area contributed by atoms with E-state index in [0.29, 0.717) is 31.6 Å². The minimum Gasteiger partial charge on any atom is -0.453 e. The summed E-state index contributed by atoms with van der Waals surface area (Å²) in [6.45, 7) is 1.88. The molecule has 0 radical (unpaired) electrons. The van der Waals surface area contributed by atoms with Crippen molar-refractivity contribution in [2.75, 3.05) is 33.8 Å². The Morgan fingerprint density at radius 3 is 2.30 bits per heavy atom. The fraction of sp³-hybridized carbons (Fsp3) is 0.875. The van der Waals surface area contributed by atoms with E-state index in [2.05, 4.69) is 0 Å². The molecular formula is C16H30N4O3. The van der Waals surface area contributed by atoms with Crippen LogP contribution in [0, 0.1) is 5.92 Å². The minimum atomic E-state index is -0.277. The summed E-state index contributed by atoms with van der Waals surface area (Å²) >= 11 is 0. The molecule has 0 spiro atoms. The average molecular weight is 326 g/mol. The van der Waals surface area contributed by atoms with Crippen LogP contribution in [0.3, 0.4) is 0 Å². The first-order valence-electron chi connectivity index (χ1n) is 8.64. The number of piperidine rings is 1. The molecule has 0 aromatic heterocycles. The molecule has 132 valence electrons. The van der Waals surface area contributed by atoms with Gasteiger partial charge in [-0.1, -0.05) is 19.3 Å². The third-order valence-electron chi connectivity index (χ3n) is 5.17. The van der Waals surface area contributed by atoms with Crippen molar-refractivity contribution in [3.05, 3.63) is 0 Å². The molecule has 1 aliphatic carbocycles. The van der Waals surface area contributed by atoms with Crippen molar-refractivity contribution in [1.29, 1.82) is 0 Å². The fourth-order valence-corrected chi connectivity index (χ4v) is 3.61. The number of nitrogens with zero attached hydrogens (tertiary/aromatic N) is 3. The highest BCUT2D eigenvalue weighted by Gasteiger charge is 2.28. The second-order valence-corrected chi connectivity index (χ2v) is 6.74. The Morgan fingerprint density at radius 2 is 1.74 bits per heavy atom. The van der Waals surface area contributed by atoms with Crippen LogP contribution < -0.4 is 5.84 Å². The highest BCUT2D eigenvalue weighted by molar-refractivity contribution is 5.73. The van der Waals surface area contributed by atoms with E-state index in [-0.39, 0.29) is 12.1 Å². The normalized spacial score (nSPS) is 20.2. The van der Waals surface area contributed by atoms with E-state index >= 15 is 0 Å². The van der Waals surface area contributed by atoms with Gasteiger partial charge in [0.05, 0.1) is 7.11 Å². The molecule has 7 nitrogen and oxygen atoms in total. The molecule has 2 fully saturated rings. The number of urea groups is 1. The van der Waals surface area contributed by atoms with E-state index in [1.165, 1.54) is 31.4 Å². The van der Waals surface area contributed by atoms with Gasteiger partial charge in [0.2, 0.25) is 0 Å². The monoisotopic (exact) mass is 326 g/mol. The molecule has 2 aliphatic rings. The van der Waals surface area contributed by atoms with Crippen molar-refractivity contribution in [3.63, 3.8) is 0 Å². The lowest BCUT2D eigenvalue weighted by atomic mass is 9.94. The summed E-state index contributed by atoms with van der Waals surface area (Å²) in [6, 6.07) is 0.232. The Hall–Kier alpha value is -1.50. The maximum Gasteiger partial charge on any atom is 0.409 e. The van der Waals surface area contributed by atoms with Crippen LogP contribution in [0.5, 0.6) is 0 Å². The Labute approximate surface area is 138 Å². The maximum absolute atomic E-state index is 12.5. The molecule has 1 saturated carbocycles. The van der Waals surface area contributed by atoms with E-state index in [1.807, 2.05) is 11.9 Å². The largest absolute Gasteiger partial charge is 0.453 e. The number of ether oxygens (including phenoxy) is 1. The zero-order valence-electron chi connectivity index (χ0n) is 14.4. The van der Waals surface area contributed by atoms with Crippen LogP contribution in [0.1, 0.15) is 44.9 Å². The summed E-state index contributed by atoms with van der Waals surface area (Å²) in [5.41, 5.74) is 0. The van der Waals surface area contributed by atoms with E-state index < -0.39 is 0 Å². The third-order valence-corrected chi connectivity index (χ3v) is 5.17. The Morgan fingerprint density at radius 1 is 1.13 bits per heavy atom. The first kappa shape index (κ1) is 17.8. The molecule has 0 bridgehead atoms. The number of likely N-dealkylation sites (tertiary alicyclic amines) is 1. The van der Waals surface area contributed by atoms with Gasteiger partial charge in [-0.2, -0.15) is 0 Å². The summed E-state index contributed by atoms with van der Waals surface area (Å²) in [4.78, 5) is 27.5. The zero-order valence-corrected chi connectivity index (χ0v) is 14.4. The molecule has 1 aliphatic heterocycles. The first-order valence-corrected chi connectivity index (χ1v) is 8.64. The molecule has 1 heterocycles. The van der Waals surface area contributed by atoms with E-state index in [0.717, 1.165) is 25.7 Å². The number of methoxy groups -OCH3 is 1. The molecule has 2 N–H and O–H groups in total. The molecular weight excluding hydrogens is 296 g/mol. The van der Waals surface area contributed by atoms with Crippen LogP contribution in [0.2, 0.25) is 0 Å².